The van der Waals surface area contributed by atoms with Crippen molar-refractivity contribution in [2.45, 2.75) is 12.3 Å². The van der Waals surface area contributed by atoms with Crippen molar-refractivity contribution in [2.24, 2.45) is 0 Å². The summed E-state index contributed by atoms with van der Waals surface area (Å²) in [6, 6.07) is 5.31. The average molecular weight is 284 g/mol. The maximum absolute atomic E-state index is 6.11. The van der Waals surface area contributed by atoms with E-state index in [0.717, 1.165) is 19.5 Å². The molecule has 2 heterocycles. The van der Waals surface area contributed by atoms with Crippen molar-refractivity contribution in [1.29, 1.82) is 0 Å². The molecule has 0 radical (unpaired) electrons. The van der Waals surface area contributed by atoms with E-state index in [9.17, 15) is 0 Å². The molecule has 1 aromatic carbocycles. The molecule has 18 heavy (non-hydrogen) atoms. The fourth-order valence-electron chi connectivity index (χ4n) is 2.08. The largest absolute Gasteiger partial charge is 0.339 e. The van der Waals surface area contributed by atoms with E-state index in [-0.39, 0.29) is 5.92 Å². The molecule has 0 aliphatic carbocycles. The Morgan fingerprint density at radius 1 is 1.28 bits per heavy atom. The summed E-state index contributed by atoms with van der Waals surface area (Å²) in [4.78, 5) is 4.40. The predicted molar refractivity (Wildman–Crippen MR) is 70.0 cm³/mol. The second kappa shape index (κ2) is 4.88. The van der Waals surface area contributed by atoms with E-state index < -0.39 is 0 Å². The maximum Gasteiger partial charge on any atom is 0.231 e. The van der Waals surface area contributed by atoms with Crippen LogP contribution in [0.2, 0.25) is 10.0 Å². The normalized spacial score (nSPS) is 19.3. The molecule has 1 aromatic heterocycles. The number of hydrogen-bond acceptors (Lipinski definition) is 4. The zero-order valence-corrected chi connectivity index (χ0v) is 11.0. The van der Waals surface area contributed by atoms with E-state index >= 15 is 0 Å². The van der Waals surface area contributed by atoms with Gasteiger partial charge in [0.1, 0.15) is 0 Å². The van der Waals surface area contributed by atoms with Gasteiger partial charge in [0.2, 0.25) is 11.7 Å². The van der Waals surface area contributed by atoms with Gasteiger partial charge in [-0.1, -0.05) is 34.4 Å². The molecule has 0 bridgehead atoms. The molecule has 0 unspecified atom stereocenters. The van der Waals surface area contributed by atoms with E-state index in [1.54, 1.807) is 18.2 Å². The highest BCUT2D eigenvalue weighted by Gasteiger charge is 2.24. The molecule has 1 saturated heterocycles. The number of nitrogens with zero attached hydrogens (tertiary/aromatic N) is 2. The molecule has 0 saturated carbocycles. The lowest BCUT2D eigenvalue weighted by atomic mass is 10.1. The number of halogens is 2. The summed E-state index contributed by atoms with van der Waals surface area (Å²) in [5, 5.41) is 8.29. The second-order valence-electron chi connectivity index (χ2n) is 4.24. The first-order valence-electron chi connectivity index (χ1n) is 5.74. The van der Waals surface area contributed by atoms with Gasteiger partial charge in [-0.15, -0.1) is 0 Å². The van der Waals surface area contributed by atoms with Gasteiger partial charge in [-0.3, -0.25) is 0 Å². The second-order valence-corrected chi connectivity index (χ2v) is 5.06. The molecule has 1 aliphatic heterocycles. The minimum absolute atomic E-state index is 0.285. The van der Waals surface area contributed by atoms with Crippen molar-refractivity contribution in [3.8, 4) is 11.4 Å². The van der Waals surface area contributed by atoms with Crippen molar-refractivity contribution in [3.63, 3.8) is 0 Å². The van der Waals surface area contributed by atoms with Crippen LogP contribution in [0.15, 0.2) is 22.7 Å². The molecule has 0 amide bonds. The third kappa shape index (κ3) is 2.11. The fraction of sp³-hybridized carbons (Fsp3) is 0.333. The van der Waals surface area contributed by atoms with Crippen LogP contribution in [0.25, 0.3) is 11.4 Å². The first-order chi connectivity index (χ1) is 8.75. The van der Waals surface area contributed by atoms with Gasteiger partial charge < -0.3 is 9.84 Å². The minimum Gasteiger partial charge on any atom is -0.339 e. The SMILES string of the molecule is Clc1cccc(Cl)c1-c1noc([C@@H]2CCNC2)n1. The first-order valence-corrected chi connectivity index (χ1v) is 6.50. The van der Waals surface area contributed by atoms with Crippen molar-refractivity contribution < 1.29 is 4.52 Å². The number of hydrogen-bond donors (Lipinski definition) is 1. The molecular weight excluding hydrogens is 273 g/mol. The number of rotatable bonds is 2. The zero-order chi connectivity index (χ0) is 12.5. The molecule has 94 valence electrons. The van der Waals surface area contributed by atoms with Gasteiger partial charge in [-0.25, -0.2) is 0 Å². The number of nitrogens with one attached hydrogen (secondary N) is 1. The van der Waals surface area contributed by atoms with Crippen LogP contribution in [0, 0.1) is 0 Å². The molecule has 1 fully saturated rings. The summed E-state index contributed by atoms with van der Waals surface area (Å²) in [6.45, 7) is 1.85. The van der Waals surface area contributed by atoms with Gasteiger partial charge in [-0.2, -0.15) is 4.98 Å². The fourth-order valence-corrected chi connectivity index (χ4v) is 2.65. The van der Waals surface area contributed by atoms with Crippen molar-refractivity contribution in [1.82, 2.24) is 15.5 Å². The van der Waals surface area contributed by atoms with E-state index in [1.807, 2.05) is 0 Å². The summed E-state index contributed by atoms with van der Waals surface area (Å²) < 4.78 is 5.29. The van der Waals surface area contributed by atoms with Crippen molar-refractivity contribution in [3.05, 3.63) is 34.1 Å². The van der Waals surface area contributed by atoms with E-state index in [1.165, 1.54) is 0 Å². The lowest BCUT2D eigenvalue weighted by Crippen LogP contribution is -2.08. The molecule has 1 N–H and O–H groups in total. The molecule has 6 heteroatoms. The van der Waals surface area contributed by atoms with Gasteiger partial charge in [0.25, 0.3) is 0 Å². The molecule has 0 spiro atoms. The van der Waals surface area contributed by atoms with Crippen molar-refractivity contribution >= 4 is 23.2 Å². The van der Waals surface area contributed by atoms with E-state index in [2.05, 4.69) is 15.5 Å². The number of aromatic nitrogens is 2. The molecule has 2 aromatic rings. The monoisotopic (exact) mass is 283 g/mol. The lowest BCUT2D eigenvalue weighted by molar-refractivity contribution is 0.359. The van der Waals surface area contributed by atoms with Crippen LogP contribution in [-0.4, -0.2) is 23.2 Å². The summed E-state index contributed by atoms with van der Waals surface area (Å²) in [5.74, 6) is 1.38. The highest BCUT2D eigenvalue weighted by atomic mass is 35.5. The van der Waals surface area contributed by atoms with Gasteiger partial charge in [0, 0.05) is 6.54 Å². The lowest BCUT2D eigenvalue weighted by Gasteiger charge is -2.01. The summed E-state index contributed by atoms with van der Waals surface area (Å²) in [6.07, 6.45) is 1.01. The zero-order valence-electron chi connectivity index (χ0n) is 9.49. The van der Waals surface area contributed by atoms with Gasteiger partial charge >= 0.3 is 0 Å². The number of benzene rings is 1. The van der Waals surface area contributed by atoms with Crippen LogP contribution in [-0.2, 0) is 0 Å². The third-order valence-electron chi connectivity index (χ3n) is 3.04. The smallest absolute Gasteiger partial charge is 0.231 e. The molecule has 3 rings (SSSR count). The van der Waals surface area contributed by atoms with Crippen LogP contribution in [0.1, 0.15) is 18.2 Å². The van der Waals surface area contributed by atoms with E-state index in [0.29, 0.717) is 27.3 Å². The molecule has 1 aliphatic rings. The Labute approximate surface area is 114 Å². The predicted octanol–water partition coefficient (Wildman–Crippen LogP) is 3.12. The quantitative estimate of drug-likeness (QED) is 0.920. The van der Waals surface area contributed by atoms with Crippen LogP contribution in [0.3, 0.4) is 0 Å². The standard InChI is InChI=1S/C12H11Cl2N3O/c13-8-2-1-3-9(14)10(8)11-16-12(18-17-11)7-4-5-15-6-7/h1-3,7,15H,4-6H2/t7-/m1/s1. The topological polar surface area (TPSA) is 51.0 Å². The third-order valence-corrected chi connectivity index (χ3v) is 3.67. The Morgan fingerprint density at radius 3 is 2.72 bits per heavy atom. The Balaban J connectivity index is 1.97. The van der Waals surface area contributed by atoms with Crippen molar-refractivity contribution in [2.75, 3.05) is 13.1 Å². The molecule has 4 nitrogen and oxygen atoms in total. The van der Waals surface area contributed by atoms with E-state index in [4.69, 9.17) is 27.7 Å². The summed E-state index contributed by atoms with van der Waals surface area (Å²) >= 11 is 12.2. The van der Waals surface area contributed by atoms with Crippen LogP contribution < -0.4 is 5.32 Å². The molecule has 1 atom stereocenters. The Kier molecular flexibility index (Phi) is 3.24. The first kappa shape index (κ1) is 12.0. The van der Waals surface area contributed by atoms with Gasteiger partial charge in [0.15, 0.2) is 0 Å². The summed E-state index contributed by atoms with van der Waals surface area (Å²) in [7, 11) is 0. The average Bonchev–Trinajstić information content (AvgIpc) is 2.99. The van der Waals surface area contributed by atoms with Crippen LogP contribution >= 0.6 is 23.2 Å². The van der Waals surface area contributed by atoms with Crippen LogP contribution in [0.4, 0.5) is 0 Å². The van der Waals surface area contributed by atoms with Gasteiger partial charge in [-0.05, 0) is 25.1 Å². The Morgan fingerprint density at radius 2 is 2.06 bits per heavy atom. The summed E-state index contributed by atoms with van der Waals surface area (Å²) in [5.41, 5.74) is 0.627. The highest BCUT2D eigenvalue weighted by Crippen LogP contribution is 2.33. The Bertz CT molecular complexity index is 544. The maximum atomic E-state index is 6.11. The van der Waals surface area contributed by atoms with Gasteiger partial charge in [0.05, 0.1) is 21.5 Å². The highest BCUT2D eigenvalue weighted by molar-refractivity contribution is 6.38. The molecular formula is C12H11Cl2N3O. The Hall–Kier alpha value is -1.10. The minimum atomic E-state index is 0.285. The van der Waals surface area contributed by atoms with Crippen LogP contribution in [0.5, 0.6) is 0 Å².